The van der Waals surface area contributed by atoms with Gasteiger partial charge in [0.15, 0.2) is 5.65 Å². The molecule has 4 aromatic rings. The second-order valence-electron chi connectivity index (χ2n) is 7.88. The summed E-state index contributed by atoms with van der Waals surface area (Å²) in [6.45, 7) is 0.238. The Morgan fingerprint density at radius 1 is 1.25 bits per heavy atom. The van der Waals surface area contributed by atoms with E-state index in [1.165, 1.54) is 0 Å². The van der Waals surface area contributed by atoms with E-state index in [-0.39, 0.29) is 31.0 Å². The van der Waals surface area contributed by atoms with Gasteiger partial charge in [-0.2, -0.15) is 10.1 Å². The summed E-state index contributed by atoms with van der Waals surface area (Å²) in [7, 11) is 0. The van der Waals surface area contributed by atoms with Gasteiger partial charge in [-0.25, -0.2) is 9.67 Å². The van der Waals surface area contributed by atoms with E-state index in [0.717, 1.165) is 34.8 Å². The number of benzene rings is 1. The van der Waals surface area contributed by atoms with Crippen molar-refractivity contribution >= 4 is 49.7 Å². The van der Waals surface area contributed by atoms with Crippen molar-refractivity contribution in [1.82, 2.24) is 30.0 Å². The van der Waals surface area contributed by atoms with Crippen LogP contribution in [-0.4, -0.2) is 54.9 Å². The summed E-state index contributed by atoms with van der Waals surface area (Å²) < 4.78 is 2.46. The lowest BCUT2D eigenvalue weighted by atomic mass is 10.1. The Balaban J connectivity index is 1.40. The van der Waals surface area contributed by atoms with Gasteiger partial charge in [-0.15, -0.1) is 0 Å². The smallest absolute Gasteiger partial charge is 0.224 e. The molecule has 1 aliphatic carbocycles. The number of amides is 1. The minimum absolute atomic E-state index is 0.00692. The highest BCUT2D eigenvalue weighted by atomic mass is 79.9. The molecule has 1 aliphatic rings. The first-order valence-electron chi connectivity index (χ1n) is 10.5. The van der Waals surface area contributed by atoms with Gasteiger partial charge in [0.05, 0.1) is 23.2 Å². The van der Waals surface area contributed by atoms with Gasteiger partial charge in [-0.3, -0.25) is 9.78 Å². The van der Waals surface area contributed by atoms with Crippen LogP contribution in [0.5, 0.6) is 0 Å². The second kappa shape index (κ2) is 8.79. The molecule has 2 atom stereocenters. The molecule has 10 heteroatoms. The lowest BCUT2D eigenvalue weighted by Crippen LogP contribution is -2.32. The number of rotatable bonds is 6. The summed E-state index contributed by atoms with van der Waals surface area (Å²) >= 11 is 3.51. The number of carbonyl (C=O) groups is 1. The fourth-order valence-electron chi connectivity index (χ4n) is 4.17. The average molecular weight is 496 g/mol. The Kier molecular flexibility index (Phi) is 5.71. The molecule has 0 spiro atoms. The highest BCUT2D eigenvalue weighted by molar-refractivity contribution is 9.10. The zero-order chi connectivity index (χ0) is 22.1. The Morgan fingerprint density at radius 2 is 2.16 bits per heavy atom. The summed E-state index contributed by atoms with van der Waals surface area (Å²) in [5, 5.41) is 21.5. The Labute approximate surface area is 192 Å². The highest BCUT2D eigenvalue weighted by Gasteiger charge is 2.30. The van der Waals surface area contributed by atoms with E-state index in [2.05, 4.69) is 41.6 Å². The van der Waals surface area contributed by atoms with Gasteiger partial charge in [0.25, 0.3) is 0 Å². The highest BCUT2D eigenvalue weighted by Crippen LogP contribution is 2.29. The molecule has 164 valence electrons. The minimum Gasteiger partial charge on any atom is -0.395 e. The van der Waals surface area contributed by atoms with Gasteiger partial charge in [-0.05, 0) is 59.5 Å². The van der Waals surface area contributed by atoms with Crippen molar-refractivity contribution in [2.75, 3.05) is 18.5 Å². The molecule has 5 rings (SSSR count). The first-order valence-corrected chi connectivity index (χ1v) is 11.3. The van der Waals surface area contributed by atoms with E-state index in [1.54, 1.807) is 17.1 Å². The van der Waals surface area contributed by atoms with Crippen molar-refractivity contribution in [2.24, 2.45) is 5.92 Å². The summed E-state index contributed by atoms with van der Waals surface area (Å²) in [4.78, 5) is 25.7. The average Bonchev–Trinajstić information content (AvgIpc) is 3.41. The van der Waals surface area contributed by atoms with E-state index >= 15 is 0 Å². The molecule has 32 heavy (non-hydrogen) atoms. The molecular weight excluding hydrogens is 474 g/mol. The Morgan fingerprint density at radius 3 is 3.03 bits per heavy atom. The maximum atomic E-state index is 12.2. The van der Waals surface area contributed by atoms with Crippen molar-refractivity contribution in [3.63, 3.8) is 0 Å². The molecule has 0 bridgehead atoms. The quantitative estimate of drug-likeness (QED) is 0.376. The van der Waals surface area contributed by atoms with Crippen LogP contribution in [0.3, 0.4) is 0 Å². The van der Waals surface area contributed by atoms with Crippen LogP contribution < -0.4 is 10.6 Å². The topological polar surface area (TPSA) is 118 Å². The largest absolute Gasteiger partial charge is 0.395 e. The van der Waals surface area contributed by atoms with Crippen LogP contribution >= 0.6 is 15.9 Å². The number of hydrogen-bond donors (Lipinski definition) is 3. The monoisotopic (exact) mass is 495 g/mol. The molecule has 1 saturated carbocycles. The molecule has 1 aromatic carbocycles. The van der Waals surface area contributed by atoms with Crippen molar-refractivity contribution < 1.29 is 9.90 Å². The van der Waals surface area contributed by atoms with E-state index in [9.17, 15) is 4.79 Å². The second-order valence-corrected chi connectivity index (χ2v) is 8.63. The van der Waals surface area contributed by atoms with E-state index in [1.807, 2.05) is 30.3 Å². The number of nitrogens with one attached hydrogen (secondary N) is 2. The third-order valence-electron chi connectivity index (χ3n) is 5.76. The number of carbonyl (C=O) groups excluding carboxylic acids is 1. The molecule has 0 radical (unpaired) electrons. The Hall–Kier alpha value is -3.11. The first-order chi connectivity index (χ1) is 15.6. The van der Waals surface area contributed by atoms with Crippen LogP contribution in [0.15, 0.2) is 47.3 Å². The zero-order valence-electron chi connectivity index (χ0n) is 17.2. The van der Waals surface area contributed by atoms with E-state index in [0.29, 0.717) is 22.6 Å². The van der Waals surface area contributed by atoms with E-state index in [4.69, 9.17) is 10.1 Å². The van der Waals surface area contributed by atoms with Crippen molar-refractivity contribution in [1.29, 1.82) is 0 Å². The van der Waals surface area contributed by atoms with Crippen LogP contribution in [0.2, 0.25) is 0 Å². The lowest BCUT2D eigenvalue weighted by Gasteiger charge is -2.13. The van der Waals surface area contributed by atoms with Gasteiger partial charge < -0.3 is 15.7 Å². The normalized spacial score (nSPS) is 18.3. The van der Waals surface area contributed by atoms with Gasteiger partial charge in [0.2, 0.25) is 11.9 Å². The number of pyridine rings is 1. The summed E-state index contributed by atoms with van der Waals surface area (Å²) in [5.74, 6) is 0.441. The predicted molar refractivity (Wildman–Crippen MR) is 125 cm³/mol. The number of fused-ring (bicyclic) bond motifs is 2. The number of halogens is 1. The maximum absolute atomic E-state index is 12.2. The number of aliphatic hydroxyl groups is 1. The summed E-state index contributed by atoms with van der Waals surface area (Å²) in [5.41, 5.74) is 2.49. The Bertz CT molecular complexity index is 1290. The maximum Gasteiger partial charge on any atom is 0.224 e. The van der Waals surface area contributed by atoms with Crippen molar-refractivity contribution in [2.45, 2.75) is 25.3 Å². The van der Waals surface area contributed by atoms with Crippen LogP contribution in [0.1, 0.15) is 19.3 Å². The molecule has 1 amide bonds. The third kappa shape index (κ3) is 4.03. The molecule has 0 unspecified atom stereocenters. The van der Waals surface area contributed by atoms with Crippen LogP contribution in [0.25, 0.3) is 27.6 Å². The number of anilines is 1. The van der Waals surface area contributed by atoms with Gasteiger partial charge in [0.1, 0.15) is 4.60 Å². The van der Waals surface area contributed by atoms with Crippen molar-refractivity contribution in [3.8, 4) is 5.69 Å². The molecule has 9 nitrogen and oxygen atoms in total. The zero-order valence-corrected chi connectivity index (χ0v) is 18.8. The van der Waals surface area contributed by atoms with Gasteiger partial charge >= 0.3 is 0 Å². The molecule has 3 aromatic heterocycles. The fraction of sp³-hybridized carbons (Fsp3) is 0.318. The molecule has 0 saturated heterocycles. The third-order valence-corrected chi connectivity index (χ3v) is 6.34. The molecule has 3 heterocycles. The number of hydrogen-bond acceptors (Lipinski definition) is 7. The van der Waals surface area contributed by atoms with Crippen molar-refractivity contribution in [3.05, 3.63) is 47.3 Å². The standard InChI is InChI=1S/C22H22BrN7O2/c23-19-17-12-26-22(27-15-4-3-14(10-15)21(32)25-8-9-31)28-20(17)30(29-19)16-5-6-18-13(11-16)2-1-7-24-18/h1-2,5-7,11-12,14-15,31H,3-4,8-10H2,(H,25,32)(H,26,27,28)/t14-,15-/m1/s1. The summed E-state index contributed by atoms with van der Waals surface area (Å²) in [6.07, 6.45) is 5.89. The van der Waals surface area contributed by atoms with Gasteiger partial charge in [-0.1, -0.05) is 6.07 Å². The van der Waals surface area contributed by atoms with Crippen LogP contribution in [0, 0.1) is 5.92 Å². The molecule has 3 N–H and O–H groups in total. The van der Waals surface area contributed by atoms with Crippen LogP contribution in [0.4, 0.5) is 5.95 Å². The minimum atomic E-state index is -0.0614. The molecular formula is C22H22BrN7O2. The lowest BCUT2D eigenvalue weighted by molar-refractivity contribution is -0.124. The first kappa shape index (κ1) is 20.8. The fourth-order valence-corrected chi connectivity index (χ4v) is 4.61. The predicted octanol–water partition coefficient (Wildman–Crippen LogP) is 2.82. The number of nitrogens with zero attached hydrogens (tertiary/aromatic N) is 5. The SMILES string of the molecule is O=C(NCCO)[C@@H]1CC[C@@H](Nc2ncc3c(Br)nn(-c4ccc5ncccc5c4)c3n2)C1. The summed E-state index contributed by atoms with van der Waals surface area (Å²) in [6, 6.07) is 10.0. The number of aromatic nitrogens is 5. The van der Waals surface area contributed by atoms with Gasteiger partial charge in [0, 0.05) is 36.3 Å². The van der Waals surface area contributed by atoms with Crippen LogP contribution in [-0.2, 0) is 4.79 Å². The number of aliphatic hydroxyl groups excluding tert-OH is 1. The van der Waals surface area contributed by atoms with E-state index < -0.39 is 0 Å². The molecule has 0 aliphatic heterocycles. The molecule has 1 fully saturated rings.